The van der Waals surface area contributed by atoms with Gasteiger partial charge < -0.3 is 4.52 Å². The van der Waals surface area contributed by atoms with E-state index in [1.165, 1.54) is 0 Å². The summed E-state index contributed by atoms with van der Waals surface area (Å²) in [6.07, 6.45) is 0.214. The maximum absolute atomic E-state index is 10.8. The molecule has 0 unspecified atom stereocenters. The normalized spacial score (nSPS) is 12.1. The van der Waals surface area contributed by atoms with Crippen molar-refractivity contribution in [2.45, 2.75) is 6.42 Å². The van der Waals surface area contributed by atoms with E-state index in [4.69, 9.17) is 21.3 Å². The summed E-state index contributed by atoms with van der Waals surface area (Å²) in [4.78, 5) is 0. The molecule has 1 aromatic heterocycles. The van der Waals surface area contributed by atoms with E-state index < -0.39 is 10.0 Å². The molecule has 0 radical (unpaired) electrons. The third kappa shape index (κ3) is 2.52. The number of aryl methyl sites for hydroxylation is 1. The highest BCUT2D eigenvalue weighted by atomic mass is 35.5. The Labute approximate surface area is 97.2 Å². The van der Waals surface area contributed by atoms with Crippen molar-refractivity contribution in [2.24, 2.45) is 5.14 Å². The van der Waals surface area contributed by atoms with Crippen molar-refractivity contribution in [3.8, 4) is 0 Å². The summed E-state index contributed by atoms with van der Waals surface area (Å²) >= 11 is 5.83. The summed E-state index contributed by atoms with van der Waals surface area (Å²) in [6, 6.07) is 5.05. The highest BCUT2D eigenvalue weighted by molar-refractivity contribution is 7.89. The number of hydrogen-bond acceptors (Lipinski definition) is 4. The summed E-state index contributed by atoms with van der Waals surface area (Å²) < 4.78 is 26.7. The van der Waals surface area contributed by atoms with Crippen molar-refractivity contribution < 1.29 is 12.9 Å². The van der Waals surface area contributed by atoms with Crippen molar-refractivity contribution in [1.29, 1.82) is 0 Å². The van der Waals surface area contributed by atoms with Crippen molar-refractivity contribution in [3.63, 3.8) is 0 Å². The van der Waals surface area contributed by atoms with Crippen LogP contribution in [-0.4, -0.2) is 19.3 Å². The van der Waals surface area contributed by atoms with Gasteiger partial charge in [-0.2, -0.15) is 0 Å². The predicted molar refractivity (Wildman–Crippen MR) is 60.7 cm³/mol. The molecule has 1 heterocycles. The van der Waals surface area contributed by atoms with Gasteiger partial charge in [-0.3, -0.25) is 0 Å². The molecule has 0 atom stereocenters. The van der Waals surface area contributed by atoms with Gasteiger partial charge in [-0.25, -0.2) is 13.6 Å². The van der Waals surface area contributed by atoms with Gasteiger partial charge in [0.25, 0.3) is 0 Å². The Kier molecular flexibility index (Phi) is 2.88. The molecule has 0 bridgehead atoms. The van der Waals surface area contributed by atoms with E-state index in [9.17, 15) is 8.42 Å². The number of benzene rings is 1. The fourth-order valence-electron chi connectivity index (χ4n) is 1.38. The zero-order chi connectivity index (χ0) is 11.8. The molecule has 2 aromatic rings. The van der Waals surface area contributed by atoms with Gasteiger partial charge in [0.2, 0.25) is 10.0 Å². The molecule has 16 heavy (non-hydrogen) atoms. The standard InChI is InChI=1S/C9H9ClN2O3S/c10-6-1-2-9-7(5-6)8(12-15-9)3-4-16(11,13)14/h1-2,5H,3-4H2,(H2,11,13,14). The highest BCUT2D eigenvalue weighted by Gasteiger charge is 2.11. The molecule has 1 aromatic carbocycles. The maximum atomic E-state index is 10.8. The topological polar surface area (TPSA) is 86.2 Å². The molecule has 0 aliphatic carbocycles. The van der Waals surface area contributed by atoms with Crippen LogP contribution in [0.3, 0.4) is 0 Å². The highest BCUT2D eigenvalue weighted by Crippen LogP contribution is 2.22. The van der Waals surface area contributed by atoms with Crippen LogP contribution in [0.1, 0.15) is 5.69 Å². The molecule has 7 heteroatoms. The monoisotopic (exact) mass is 260 g/mol. The van der Waals surface area contributed by atoms with Gasteiger partial charge in [0.15, 0.2) is 5.58 Å². The van der Waals surface area contributed by atoms with E-state index in [2.05, 4.69) is 5.16 Å². The molecule has 0 fully saturated rings. The Morgan fingerprint density at radius 1 is 1.44 bits per heavy atom. The molecule has 0 aliphatic rings. The van der Waals surface area contributed by atoms with Crippen molar-refractivity contribution >= 4 is 32.6 Å². The second-order valence-corrected chi connectivity index (χ2v) is 5.56. The van der Waals surface area contributed by atoms with E-state index in [-0.39, 0.29) is 12.2 Å². The summed E-state index contributed by atoms with van der Waals surface area (Å²) in [5.41, 5.74) is 1.13. The van der Waals surface area contributed by atoms with Crippen LogP contribution in [0, 0.1) is 0 Å². The fourth-order valence-corrected chi connectivity index (χ4v) is 2.03. The smallest absolute Gasteiger partial charge is 0.209 e. The summed E-state index contributed by atoms with van der Waals surface area (Å²) in [5.74, 6) is -0.166. The fraction of sp³-hybridized carbons (Fsp3) is 0.222. The molecular weight excluding hydrogens is 252 g/mol. The minimum atomic E-state index is -3.49. The van der Waals surface area contributed by atoms with Gasteiger partial charge in [0.1, 0.15) is 0 Å². The molecule has 0 aliphatic heterocycles. The average Bonchev–Trinajstić information content (AvgIpc) is 2.56. The third-order valence-electron chi connectivity index (χ3n) is 2.13. The van der Waals surface area contributed by atoms with E-state index >= 15 is 0 Å². The number of aromatic nitrogens is 1. The number of sulfonamides is 1. The molecule has 0 amide bonds. The van der Waals surface area contributed by atoms with E-state index in [0.29, 0.717) is 16.3 Å². The average molecular weight is 261 g/mol. The van der Waals surface area contributed by atoms with Crippen LogP contribution in [0.4, 0.5) is 0 Å². The van der Waals surface area contributed by atoms with Gasteiger partial charge in [0, 0.05) is 16.8 Å². The molecule has 5 nitrogen and oxygen atoms in total. The van der Waals surface area contributed by atoms with Gasteiger partial charge in [-0.05, 0) is 18.2 Å². The number of nitrogens with zero attached hydrogens (tertiary/aromatic N) is 1. The molecule has 0 saturated carbocycles. The quantitative estimate of drug-likeness (QED) is 0.902. The molecule has 2 rings (SSSR count). The minimum Gasteiger partial charge on any atom is -0.356 e. The Morgan fingerprint density at radius 2 is 2.19 bits per heavy atom. The van der Waals surface area contributed by atoms with Crippen LogP contribution in [0.15, 0.2) is 22.7 Å². The predicted octanol–water partition coefficient (Wildman–Crippen LogP) is 1.31. The lowest BCUT2D eigenvalue weighted by molar-refractivity contribution is 0.447. The number of nitrogens with two attached hydrogens (primary N) is 1. The first-order valence-corrected chi connectivity index (χ1v) is 6.59. The number of rotatable bonds is 3. The molecular formula is C9H9ClN2O3S. The zero-order valence-electron chi connectivity index (χ0n) is 8.18. The van der Waals surface area contributed by atoms with E-state index in [0.717, 1.165) is 5.39 Å². The largest absolute Gasteiger partial charge is 0.356 e. The van der Waals surface area contributed by atoms with Crippen LogP contribution in [-0.2, 0) is 16.4 Å². The molecule has 2 N–H and O–H groups in total. The maximum Gasteiger partial charge on any atom is 0.209 e. The van der Waals surface area contributed by atoms with Crippen LogP contribution < -0.4 is 5.14 Å². The van der Waals surface area contributed by atoms with Gasteiger partial charge >= 0.3 is 0 Å². The number of hydrogen-bond donors (Lipinski definition) is 1. The van der Waals surface area contributed by atoms with E-state index in [1.807, 2.05) is 0 Å². The van der Waals surface area contributed by atoms with Crippen LogP contribution in [0.5, 0.6) is 0 Å². The number of halogens is 1. The first-order valence-electron chi connectivity index (χ1n) is 4.50. The van der Waals surface area contributed by atoms with Crippen LogP contribution >= 0.6 is 11.6 Å². The third-order valence-corrected chi connectivity index (χ3v) is 3.14. The van der Waals surface area contributed by atoms with Gasteiger partial charge in [0.05, 0.1) is 11.4 Å². The molecule has 0 spiro atoms. The summed E-state index contributed by atoms with van der Waals surface area (Å²) in [6.45, 7) is 0. The van der Waals surface area contributed by atoms with Gasteiger partial charge in [-0.1, -0.05) is 16.8 Å². The van der Waals surface area contributed by atoms with Crippen molar-refractivity contribution in [2.75, 3.05) is 5.75 Å². The molecule has 0 saturated heterocycles. The SMILES string of the molecule is NS(=O)(=O)CCc1noc2ccc(Cl)cc12. The number of fused-ring (bicyclic) bond motifs is 1. The van der Waals surface area contributed by atoms with E-state index in [1.54, 1.807) is 18.2 Å². The lowest BCUT2D eigenvalue weighted by atomic mass is 10.2. The molecule has 86 valence electrons. The van der Waals surface area contributed by atoms with Crippen molar-refractivity contribution in [1.82, 2.24) is 5.16 Å². The summed E-state index contributed by atoms with van der Waals surface area (Å²) in [5, 5.41) is 9.97. The lowest BCUT2D eigenvalue weighted by Crippen LogP contribution is -2.18. The zero-order valence-corrected chi connectivity index (χ0v) is 9.75. The second kappa shape index (κ2) is 4.04. The Bertz CT molecular complexity index is 621. The lowest BCUT2D eigenvalue weighted by Gasteiger charge is -1.95. The second-order valence-electron chi connectivity index (χ2n) is 3.39. The minimum absolute atomic E-state index is 0.166. The Morgan fingerprint density at radius 3 is 2.88 bits per heavy atom. The van der Waals surface area contributed by atoms with Crippen LogP contribution in [0.25, 0.3) is 11.0 Å². The number of primary sulfonamides is 1. The van der Waals surface area contributed by atoms with Crippen molar-refractivity contribution in [3.05, 3.63) is 28.9 Å². The summed E-state index contributed by atoms with van der Waals surface area (Å²) in [7, 11) is -3.49. The first kappa shape index (κ1) is 11.4. The Hall–Kier alpha value is -1.11. The van der Waals surface area contributed by atoms with Gasteiger partial charge in [-0.15, -0.1) is 0 Å². The Balaban J connectivity index is 2.34. The van der Waals surface area contributed by atoms with Crippen LogP contribution in [0.2, 0.25) is 5.02 Å². The first-order chi connectivity index (χ1) is 7.46.